The minimum absolute atomic E-state index is 0.476. The van der Waals surface area contributed by atoms with E-state index < -0.39 is 11.8 Å². The van der Waals surface area contributed by atoms with Crippen molar-refractivity contribution < 1.29 is 14.6 Å². The van der Waals surface area contributed by atoms with Crippen LogP contribution in [0.2, 0.25) is 0 Å². The van der Waals surface area contributed by atoms with E-state index in [0.717, 1.165) is 19.3 Å². The van der Waals surface area contributed by atoms with Gasteiger partial charge in [-0.3, -0.25) is 4.90 Å². The molecule has 2 unspecified atom stereocenters. The van der Waals surface area contributed by atoms with Crippen LogP contribution in [0, 0.1) is 5.92 Å². The van der Waals surface area contributed by atoms with Gasteiger partial charge in [0.15, 0.2) is 0 Å². The molecule has 1 amide bonds. The molecule has 68 valence electrons. The topological polar surface area (TPSA) is 49.8 Å². The third-order valence-corrected chi connectivity index (χ3v) is 3.09. The lowest BCUT2D eigenvalue weighted by molar-refractivity contribution is -0.0991. The first-order valence-electron chi connectivity index (χ1n) is 4.24. The molecule has 2 atom stereocenters. The van der Waals surface area contributed by atoms with E-state index in [0.29, 0.717) is 12.5 Å². The molecule has 1 N–H and O–H groups in total. The molecule has 2 aliphatic rings. The maximum absolute atomic E-state index is 10.8. The van der Waals surface area contributed by atoms with Gasteiger partial charge in [-0.2, -0.15) is 0 Å². The summed E-state index contributed by atoms with van der Waals surface area (Å²) >= 11 is 0. The minimum atomic E-state index is -0.848. The van der Waals surface area contributed by atoms with E-state index in [1.54, 1.807) is 7.11 Å². The van der Waals surface area contributed by atoms with Crippen molar-refractivity contribution >= 4 is 6.09 Å². The highest BCUT2D eigenvalue weighted by molar-refractivity contribution is 5.66. The Labute approximate surface area is 71.1 Å². The van der Waals surface area contributed by atoms with Crippen LogP contribution in [0.1, 0.15) is 19.3 Å². The van der Waals surface area contributed by atoms with Crippen molar-refractivity contribution in [1.29, 1.82) is 0 Å². The van der Waals surface area contributed by atoms with Crippen LogP contribution in [0.5, 0.6) is 0 Å². The van der Waals surface area contributed by atoms with Gasteiger partial charge in [-0.15, -0.1) is 0 Å². The Morgan fingerprint density at radius 3 is 2.92 bits per heavy atom. The van der Waals surface area contributed by atoms with Crippen molar-refractivity contribution in [3.8, 4) is 0 Å². The van der Waals surface area contributed by atoms with Crippen LogP contribution < -0.4 is 0 Å². The van der Waals surface area contributed by atoms with E-state index in [1.165, 1.54) is 4.90 Å². The van der Waals surface area contributed by atoms with Crippen LogP contribution in [0.25, 0.3) is 0 Å². The number of nitrogens with zero attached hydrogens (tertiary/aromatic N) is 1. The number of amides is 1. The number of carbonyl (C=O) groups is 1. The number of ether oxygens (including phenoxy) is 1. The molecule has 1 saturated carbocycles. The first kappa shape index (κ1) is 7.86. The van der Waals surface area contributed by atoms with E-state index in [9.17, 15) is 4.79 Å². The standard InChI is InChI=1S/C8H13NO3/c1-12-8-3-2-6(4-8)5-9(8)7(10)11/h6H,2-5H2,1H3,(H,10,11). The summed E-state index contributed by atoms with van der Waals surface area (Å²) in [5.41, 5.74) is -0.476. The van der Waals surface area contributed by atoms with Crippen LogP contribution in [-0.4, -0.2) is 35.5 Å². The highest BCUT2D eigenvalue weighted by Gasteiger charge is 2.53. The van der Waals surface area contributed by atoms with Crippen LogP contribution in [0.4, 0.5) is 4.79 Å². The maximum Gasteiger partial charge on any atom is 0.409 e. The zero-order valence-electron chi connectivity index (χ0n) is 7.12. The van der Waals surface area contributed by atoms with Crippen molar-refractivity contribution in [2.24, 2.45) is 5.92 Å². The Kier molecular flexibility index (Phi) is 1.54. The molecule has 12 heavy (non-hydrogen) atoms. The van der Waals surface area contributed by atoms with Crippen LogP contribution >= 0.6 is 0 Å². The van der Waals surface area contributed by atoms with Gasteiger partial charge >= 0.3 is 6.09 Å². The summed E-state index contributed by atoms with van der Waals surface area (Å²) in [7, 11) is 1.60. The van der Waals surface area contributed by atoms with Crippen molar-refractivity contribution in [1.82, 2.24) is 4.90 Å². The number of rotatable bonds is 1. The van der Waals surface area contributed by atoms with E-state index in [1.807, 2.05) is 0 Å². The second-order valence-electron chi connectivity index (χ2n) is 3.65. The molecule has 0 radical (unpaired) electrons. The van der Waals surface area contributed by atoms with E-state index >= 15 is 0 Å². The minimum Gasteiger partial charge on any atom is -0.465 e. The number of hydrogen-bond acceptors (Lipinski definition) is 2. The lowest BCUT2D eigenvalue weighted by Gasteiger charge is -2.35. The van der Waals surface area contributed by atoms with Crippen molar-refractivity contribution in [2.45, 2.75) is 25.0 Å². The van der Waals surface area contributed by atoms with Crippen LogP contribution in [0.3, 0.4) is 0 Å². The number of hydrogen-bond donors (Lipinski definition) is 1. The Bertz CT molecular complexity index is 218. The largest absolute Gasteiger partial charge is 0.465 e. The molecule has 0 aromatic rings. The Hall–Kier alpha value is -0.770. The van der Waals surface area contributed by atoms with E-state index in [-0.39, 0.29) is 0 Å². The fraction of sp³-hybridized carbons (Fsp3) is 0.875. The molecule has 1 aliphatic carbocycles. The molecule has 4 heteroatoms. The summed E-state index contributed by atoms with van der Waals surface area (Å²) in [6, 6.07) is 0. The number of piperidine rings is 1. The van der Waals surface area contributed by atoms with Gasteiger partial charge in [-0.25, -0.2) is 4.79 Å². The summed E-state index contributed by atoms with van der Waals surface area (Å²) in [5.74, 6) is 0.529. The smallest absolute Gasteiger partial charge is 0.409 e. The highest BCUT2D eigenvalue weighted by atomic mass is 16.5. The third-order valence-electron chi connectivity index (χ3n) is 3.09. The van der Waals surface area contributed by atoms with Gasteiger partial charge in [0.05, 0.1) is 0 Å². The molecule has 1 aliphatic heterocycles. The predicted octanol–water partition coefficient (Wildman–Crippen LogP) is 1.12. The van der Waals surface area contributed by atoms with E-state index in [2.05, 4.69) is 0 Å². The molecular weight excluding hydrogens is 158 g/mol. The summed E-state index contributed by atoms with van der Waals surface area (Å²) in [6.07, 6.45) is 2.01. The first-order chi connectivity index (χ1) is 5.68. The second kappa shape index (κ2) is 2.36. The molecule has 2 fully saturated rings. The number of methoxy groups -OCH3 is 1. The van der Waals surface area contributed by atoms with Gasteiger partial charge in [0.1, 0.15) is 5.72 Å². The summed E-state index contributed by atoms with van der Waals surface area (Å²) in [6.45, 7) is 0.656. The Balaban J connectivity index is 2.22. The van der Waals surface area contributed by atoms with Crippen molar-refractivity contribution in [3.05, 3.63) is 0 Å². The summed E-state index contributed by atoms with van der Waals surface area (Å²) in [5, 5.41) is 8.88. The molecule has 1 heterocycles. The number of carboxylic acid groups (broad SMARTS) is 1. The van der Waals surface area contributed by atoms with Crippen LogP contribution in [-0.2, 0) is 4.74 Å². The third kappa shape index (κ3) is 0.843. The number of likely N-dealkylation sites (tertiary alicyclic amines) is 1. The van der Waals surface area contributed by atoms with Gasteiger partial charge < -0.3 is 9.84 Å². The molecule has 0 aromatic heterocycles. The Morgan fingerprint density at radius 2 is 2.50 bits per heavy atom. The van der Waals surface area contributed by atoms with Crippen LogP contribution in [0.15, 0.2) is 0 Å². The zero-order valence-corrected chi connectivity index (χ0v) is 7.12. The molecule has 2 rings (SSSR count). The average Bonchev–Trinajstić information content (AvgIpc) is 2.60. The van der Waals surface area contributed by atoms with E-state index in [4.69, 9.17) is 9.84 Å². The van der Waals surface area contributed by atoms with Gasteiger partial charge in [-0.1, -0.05) is 0 Å². The number of fused-ring (bicyclic) bond motifs is 2. The zero-order chi connectivity index (χ0) is 8.77. The average molecular weight is 171 g/mol. The van der Waals surface area contributed by atoms with Gasteiger partial charge in [0, 0.05) is 13.7 Å². The first-order valence-corrected chi connectivity index (χ1v) is 4.24. The van der Waals surface area contributed by atoms with Crippen molar-refractivity contribution in [2.75, 3.05) is 13.7 Å². The second-order valence-corrected chi connectivity index (χ2v) is 3.65. The highest BCUT2D eigenvalue weighted by Crippen LogP contribution is 2.46. The predicted molar refractivity (Wildman–Crippen MR) is 41.8 cm³/mol. The van der Waals surface area contributed by atoms with Crippen molar-refractivity contribution in [3.63, 3.8) is 0 Å². The lowest BCUT2D eigenvalue weighted by Crippen LogP contribution is -2.48. The molecule has 0 spiro atoms. The monoisotopic (exact) mass is 171 g/mol. The lowest BCUT2D eigenvalue weighted by atomic mass is 10.1. The summed E-state index contributed by atoms with van der Waals surface area (Å²) < 4.78 is 5.31. The van der Waals surface area contributed by atoms with Gasteiger partial charge in [0.2, 0.25) is 0 Å². The fourth-order valence-electron chi connectivity index (χ4n) is 2.46. The normalized spacial score (nSPS) is 39.1. The quantitative estimate of drug-likeness (QED) is 0.643. The Morgan fingerprint density at radius 1 is 1.75 bits per heavy atom. The van der Waals surface area contributed by atoms with Gasteiger partial charge in [-0.05, 0) is 25.2 Å². The van der Waals surface area contributed by atoms with Gasteiger partial charge in [0.25, 0.3) is 0 Å². The molecule has 0 aromatic carbocycles. The molecule has 4 nitrogen and oxygen atoms in total. The molecule has 2 bridgehead atoms. The molecule has 1 saturated heterocycles. The molecular formula is C8H13NO3. The fourth-order valence-corrected chi connectivity index (χ4v) is 2.46. The maximum atomic E-state index is 10.8. The SMILES string of the molecule is COC12CCC(CN1C(=O)O)C2. The summed E-state index contributed by atoms with van der Waals surface area (Å²) in [4.78, 5) is 12.2.